The highest BCUT2D eigenvalue weighted by Crippen LogP contribution is 2.32. The van der Waals surface area contributed by atoms with Gasteiger partial charge in [-0.1, -0.05) is 5.16 Å². The number of hydrogen-bond donors (Lipinski definition) is 1. The van der Waals surface area contributed by atoms with Gasteiger partial charge in [0.15, 0.2) is 17.2 Å². The Labute approximate surface area is 150 Å². The number of hydrogen-bond acceptors (Lipinski definition) is 6. The molecule has 26 heavy (non-hydrogen) atoms. The summed E-state index contributed by atoms with van der Waals surface area (Å²) < 4.78 is 15.5. The molecule has 1 saturated heterocycles. The number of rotatable bonds is 3. The molecule has 8 nitrogen and oxygen atoms in total. The van der Waals surface area contributed by atoms with Crippen LogP contribution >= 0.6 is 0 Å². The molecule has 1 fully saturated rings. The van der Waals surface area contributed by atoms with Crippen molar-refractivity contribution in [1.82, 2.24) is 15.4 Å². The zero-order valence-electron chi connectivity index (χ0n) is 14.4. The normalized spacial score (nSPS) is 16.6. The summed E-state index contributed by atoms with van der Waals surface area (Å²) in [6.07, 6.45) is 1.39. The minimum Gasteiger partial charge on any atom is -0.454 e. The van der Waals surface area contributed by atoms with Crippen molar-refractivity contribution in [2.24, 2.45) is 0 Å². The van der Waals surface area contributed by atoms with Crippen molar-refractivity contribution >= 4 is 11.8 Å². The number of amides is 2. The molecule has 2 aliphatic rings. The van der Waals surface area contributed by atoms with Crippen LogP contribution in [0.3, 0.4) is 0 Å². The van der Waals surface area contributed by atoms with Crippen molar-refractivity contribution in [2.75, 3.05) is 19.9 Å². The Hall–Kier alpha value is -3.03. The van der Waals surface area contributed by atoms with Crippen LogP contribution in [0.5, 0.6) is 11.5 Å². The molecule has 1 aromatic heterocycles. The summed E-state index contributed by atoms with van der Waals surface area (Å²) in [4.78, 5) is 26.5. The molecule has 2 aromatic rings. The molecule has 0 unspecified atom stereocenters. The number of fused-ring (bicyclic) bond motifs is 1. The maximum Gasteiger partial charge on any atom is 0.276 e. The van der Waals surface area contributed by atoms with Crippen LogP contribution in [0.15, 0.2) is 28.8 Å². The molecule has 0 saturated carbocycles. The van der Waals surface area contributed by atoms with E-state index in [9.17, 15) is 9.59 Å². The van der Waals surface area contributed by atoms with Crippen molar-refractivity contribution in [3.63, 3.8) is 0 Å². The van der Waals surface area contributed by atoms with E-state index in [1.807, 2.05) is 0 Å². The van der Waals surface area contributed by atoms with Crippen molar-refractivity contribution in [2.45, 2.75) is 25.8 Å². The third kappa shape index (κ3) is 3.22. The maximum atomic E-state index is 12.4. The fourth-order valence-electron chi connectivity index (χ4n) is 3.16. The fourth-order valence-corrected chi connectivity index (χ4v) is 3.16. The van der Waals surface area contributed by atoms with Crippen LogP contribution in [-0.2, 0) is 0 Å². The highest BCUT2D eigenvalue weighted by Gasteiger charge is 2.27. The molecule has 2 aliphatic heterocycles. The Morgan fingerprint density at radius 1 is 1.15 bits per heavy atom. The number of nitrogens with zero attached hydrogens (tertiary/aromatic N) is 2. The zero-order chi connectivity index (χ0) is 18.1. The molecular weight excluding hydrogens is 338 g/mol. The number of piperidine rings is 1. The largest absolute Gasteiger partial charge is 0.454 e. The van der Waals surface area contributed by atoms with E-state index in [1.54, 1.807) is 36.1 Å². The summed E-state index contributed by atoms with van der Waals surface area (Å²) in [7, 11) is 0. The Morgan fingerprint density at radius 2 is 1.92 bits per heavy atom. The van der Waals surface area contributed by atoms with E-state index in [-0.39, 0.29) is 24.6 Å². The third-order valence-corrected chi connectivity index (χ3v) is 4.60. The van der Waals surface area contributed by atoms with Crippen LogP contribution in [0, 0.1) is 6.92 Å². The number of likely N-dealkylation sites (tertiary alicyclic amines) is 1. The van der Waals surface area contributed by atoms with Crippen LogP contribution < -0.4 is 14.8 Å². The molecule has 8 heteroatoms. The van der Waals surface area contributed by atoms with Gasteiger partial charge in [-0.2, -0.15) is 0 Å². The molecule has 4 rings (SSSR count). The molecule has 3 heterocycles. The second-order valence-electron chi connectivity index (χ2n) is 6.43. The summed E-state index contributed by atoms with van der Waals surface area (Å²) >= 11 is 0. The Morgan fingerprint density at radius 3 is 2.65 bits per heavy atom. The quantitative estimate of drug-likeness (QED) is 0.899. The lowest BCUT2D eigenvalue weighted by Gasteiger charge is -2.31. The van der Waals surface area contributed by atoms with Gasteiger partial charge in [0.05, 0.1) is 0 Å². The monoisotopic (exact) mass is 357 g/mol. The first-order chi connectivity index (χ1) is 12.6. The van der Waals surface area contributed by atoms with Gasteiger partial charge in [-0.05, 0) is 38.0 Å². The molecular formula is C18H19N3O5. The Bertz CT molecular complexity index is 839. The van der Waals surface area contributed by atoms with E-state index in [0.29, 0.717) is 54.4 Å². The minimum atomic E-state index is -0.153. The molecule has 0 aliphatic carbocycles. The first-order valence-corrected chi connectivity index (χ1v) is 8.53. The predicted molar refractivity (Wildman–Crippen MR) is 90.2 cm³/mol. The number of aryl methyl sites for hydroxylation is 1. The number of aromatic nitrogens is 1. The van der Waals surface area contributed by atoms with Crippen molar-refractivity contribution in [1.29, 1.82) is 0 Å². The summed E-state index contributed by atoms with van der Waals surface area (Å²) in [5.41, 5.74) is 0.858. The van der Waals surface area contributed by atoms with Gasteiger partial charge in [-0.15, -0.1) is 0 Å². The van der Waals surface area contributed by atoms with Gasteiger partial charge in [0, 0.05) is 30.8 Å². The number of carbonyl (C=O) groups is 2. The second kappa shape index (κ2) is 6.70. The Balaban J connectivity index is 1.32. The predicted octanol–water partition coefficient (Wildman–Crippen LogP) is 1.75. The molecule has 0 spiro atoms. The van der Waals surface area contributed by atoms with Gasteiger partial charge in [-0.25, -0.2) is 0 Å². The minimum absolute atomic E-state index is 0.0241. The highest BCUT2D eigenvalue weighted by molar-refractivity contribution is 5.95. The van der Waals surface area contributed by atoms with Gasteiger partial charge < -0.3 is 24.2 Å². The van der Waals surface area contributed by atoms with E-state index in [0.717, 1.165) is 0 Å². The van der Waals surface area contributed by atoms with Crippen LogP contribution in [0.1, 0.15) is 39.4 Å². The fraction of sp³-hybridized carbons (Fsp3) is 0.389. The molecule has 1 N–H and O–H groups in total. The van der Waals surface area contributed by atoms with Crippen LogP contribution in [0.4, 0.5) is 0 Å². The highest BCUT2D eigenvalue weighted by atomic mass is 16.7. The van der Waals surface area contributed by atoms with E-state index in [4.69, 9.17) is 14.0 Å². The van der Waals surface area contributed by atoms with Gasteiger partial charge in [0.2, 0.25) is 6.79 Å². The first kappa shape index (κ1) is 16.4. The standard InChI is InChI=1S/C18H19N3O5/c1-11-8-14(20-26-11)18(23)21-6-4-13(5-7-21)19-17(22)12-2-3-15-16(9-12)25-10-24-15/h2-3,8-9,13H,4-7,10H2,1H3,(H,19,22). The van der Waals surface area contributed by atoms with Crippen LogP contribution in [0.2, 0.25) is 0 Å². The number of benzene rings is 1. The van der Waals surface area contributed by atoms with Crippen molar-refractivity contribution in [3.05, 3.63) is 41.3 Å². The molecule has 0 atom stereocenters. The van der Waals surface area contributed by atoms with Crippen LogP contribution in [-0.4, -0.2) is 47.8 Å². The molecule has 2 amide bonds. The topological polar surface area (TPSA) is 93.9 Å². The summed E-state index contributed by atoms with van der Waals surface area (Å²) in [5, 5.41) is 6.79. The summed E-state index contributed by atoms with van der Waals surface area (Å²) in [5.74, 6) is 1.55. The van der Waals surface area contributed by atoms with Gasteiger partial charge in [0.25, 0.3) is 11.8 Å². The average Bonchev–Trinajstić information content (AvgIpc) is 3.29. The average molecular weight is 357 g/mol. The SMILES string of the molecule is Cc1cc(C(=O)N2CCC(NC(=O)c3ccc4c(c3)OCO4)CC2)no1. The third-order valence-electron chi connectivity index (χ3n) is 4.60. The molecule has 0 bridgehead atoms. The van der Waals surface area contributed by atoms with E-state index >= 15 is 0 Å². The van der Waals surface area contributed by atoms with Crippen molar-refractivity contribution < 1.29 is 23.6 Å². The zero-order valence-corrected chi connectivity index (χ0v) is 14.4. The number of nitrogens with one attached hydrogen (secondary N) is 1. The molecule has 136 valence electrons. The van der Waals surface area contributed by atoms with E-state index < -0.39 is 0 Å². The van der Waals surface area contributed by atoms with Gasteiger partial charge >= 0.3 is 0 Å². The van der Waals surface area contributed by atoms with E-state index in [1.165, 1.54) is 0 Å². The molecule has 1 aromatic carbocycles. The number of carbonyl (C=O) groups excluding carboxylic acids is 2. The second-order valence-corrected chi connectivity index (χ2v) is 6.43. The lowest BCUT2D eigenvalue weighted by Crippen LogP contribution is -2.46. The first-order valence-electron chi connectivity index (χ1n) is 8.53. The number of ether oxygens (including phenoxy) is 2. The summed E-state index contributed by atoms with van der Waals surface area (Å²) in [6, 6.07) is 6.79. The van der Waals surface area contributed by atoms with Gasteiger partial charge in [0.1, 0.15) is 5.76 Å². The molecule has 0 radical (unpaired) electrons. The lowest BCUT2D eigenvalue weighted by atomic mass is 10.0. The summed E-state index contributed by atoms with van der Waals surface area (Å²) in [6.45, 7) is 3.06. The van der Waals surface area contributed by atoms with Crippen LogP contribution in [0.25, 0.3) is 0 Å². The maximum absolute atomic E-state index is 12.4. The van der Waals surface area contributed by atoms with Gasteiger partial charge in [-0.3, -0.25) is 9.59 Å². The lowest BCUT2D eigenvalue weighted by molar-refractivity contribution is 0.0688. The van der Waals surface area contributed by atoms with Crippen molar-refractivity contribution in [3.8, 4) is 11.5 Å². The Kier molecular flexibility index (Phi) is 4.24. The smallest absolute Gasteiger partial charge is 0.276 e. The van der Waals surface area contributed by atoms with E-state index in [2.05, 4.69) is 10.5 Å².